The summed E-state index contributed by atoms with van der Waals surface area (Å²) < 4.78 is 5.40. The van der Waals surface area contributed by atoms with Crippen molar-refractivity contribution in [1.82, 2.24) is 5.06 Å². The lowest BCUT2D eigenvalue weighted by Gasteiger charge is -2.19. The van der Waals surface area contributed by atoms with Gasteiger partial charge in [0.25, 0.3) is 0 Å². The molecule has 0 radical (unpaired) electrons. The molecule has 1 atom stereocenters. The third-order valence-corrected chi connectivity index (χ3v) is 2.49. The molecule has 76 valence electrons. The molecule has 5 nitrogen and oxygen atoms in total. The molecule has 5 heteroatoms. The van der Waals surface area contributed by atoms with Crippen LogP contribution in [0.25, 0.3) is 0 Å². The van der Waals surface area contributed by atoms with Crippen LogP contribution in [0.4, 0.5) is 4.79 Å². The van der Waals surface area contributed by atoms with Crippen LogP contribution in [0.5, 0.6) is 0 Å². The summed E-state index contributed by atoms with van der Waals surface area (Å²) >= 11 is 0. The average Bonchev–Trinajstić information content (AvgIpc) is 2.61. The second kappa shape index (κ2) is 3.02. The van der Waals surface area contributed by atoms with E-state index >= 15 is 0 Å². The first-order valence-electron chi connectivity index (χ1n) is 4.46. The van der Waals surface area contributed by atoms with Crippen molar-refractivity contribution in [1.29, 1.82) is 0 Å². The lowest BCUT2D eigenvalue weighted by Crippen LogP contribution is -2.35. The monoisotopic (exact) mass is 196 g/mol. The minimum atomic E-state index is -0.832. The quantitative estimate of drug-likeness (QED) is 0.525. The van der Waals surface area contributed by atoms with E-state index in [1.165, 1.54) is 0 Å². The van der Waals surface area contributed by atoms with Crippen molar-refractivity contribution in [3.8, 4) is 0 Å². The van der Waals surface area contributed by atoms with Crippen LogP contribution < -0.4 is 5.73 Å². The van der Waals surface area contributed by atoms with Gasteiger partial charge in [-0.05, 0) is 19.4 Å². The number of aryl methyl sites for hydroxylation is 2. The summed E-state index contributed by atoms with van der Waals surface area (Å²) in [6.07, 6.45) is 1.39. The maximum absolute atomic E-state index is 10.8. The molecule has 0 saturated heterocycles. The van der Waals surface area contributed by atoms with Crippen molar-refractivity contribution in [3.05, 3.63) is 23.2 Å². The Kier molecular flexibility index (Phi) is 1.96. The maximum Gasteiger partial charge on any atom is 0.339 e. The summed E-state index contributed by atoms with van der Waals surface area (Å²) in [7, 11) is 0. The number of carbonyl (C=O) groups excluding carboxylic acids is 1. The fourth-order valence-corrected chi connectivity index (χ4v) is 1.89. The van der Waals surface area contributed by atoms with Gasteiger partial charge in [0.15, 0.2) is 0 Å². The van der Waals surface area contributed by atoms with Gasteiger partial charge in [0.1, 0.15) is 11.5 Å². The number of primary amides is 1. The minimum Gasteiger partial charge on any atom is -0.466 e. The second-order valence-corrected chi connectivity index (χ2v) is 3.47. The van der Waals surface area contributed by atoms with Gasteiger partial charge in [0, 0.05) is 12.0 Å². The Bertz CT molecular complexity index is 372. The highest BCUT2D eigenvalue weighted by atomic mass is 16.5. The van der Waals surface area contributed by atoms with Crippen LogP contribution in [0, 0.1) is 6.92 Å². The van der Waals surface area contributed by atoms with Gasteiger partial charge in [0.2, 0.25) is 0 Å². The first kappa shape index (κ1) is 9.08. The number of nitrogens with two attached hydrogens (primary N) is 1. The largest absolute Gasteiger partial charge is 0.466 e. The predicted molar refractivity (Wildman–Crippen MR) is 47.7 cm³/mol. The number of nitrogens with zero attached hydrogens (tertiary/aromatic N) is 1. The number of hydrogen-bond acceptors (Lipinski definition) is 3. The predicted octanol–water partition coefficient (Wildman–Crippen LogP) is 1.35. The van der Waals surface area contributed by atoms with Crippen molar-refractivity contribution in [2.75, 3.05) is 0 Å². The molecule has 1 aromatic heterocycles. The number of hydrogen-bond donors (Lipinski definition) is 2. The molecule has 1 aromatic rings. The van der Waals surface area contributed by atoms with Crippen LogP contribution in [0.15, 0.2) is 10.5 Å². The van der Waals surface area contributed by atoms with Crippen LogP contribution in [0.2, 0.25) is 0 Å². The van der Waals surface area contributed by atoms with Gasteiger partial charge < -0.3 is 10.2 Å². The van der Waals surface area contributed by atoms with Gasteiger partial charge in [-0.25, -0.2) is 4.79 Å². The number of carbonyl (C=O) groups is 1. The molecule has 1 heterocycles. The van der Waals surface area contributed by atoms with Gasteiger partial charge in [-0.1, -0.05) is 0 Å². The first-order chi connectivity index (χ1) is 6.59. The Morgan fingerprint density at radius 2 is 2.50 bits per heavy atom. The molecule has 0 fully saturated rings. The van der Waals surface area contributed by atoms with E-state index in [4.69, 9.17) is 10.2 Å². The molecule has 1 aliphatic rings. The summed E-state index contributed by atoms with van der Waals surface area (Å²) in [6, 6.07) is 0.653. The Morgan fingerprint density at radius 3 is 3.14 bits per heavy atom. The summed E-state index contributed by atoms with van der Waals surface area (Å²) in [5, 5.41) is 9.97. The molecule has 2 amide bonds. The number of amides is 2. The SMILES string of the molecule is Cc1cc2c(o1)CCC2N(O)C(N)=O. The van der Waals surface area contributed by atoms with Crippen LogP contribution in [-0.4, -0.2) is 16.3 Å². The van der Waals surface area contributed by atoms with Crippen molar-refractivity contribution in [2.24, 2.45) is 5.73 Å². The fourth-order valence-electron chi connectivity index (χ4n) is 1.89. The van der Waals surface area contributed by atoms with Crippen LogP contribution in [0.1, 0.15) is 29.5 Å². The lowest BCUT2D eigenvalue weighted by molar-refractivity contribution is -0.0757. The minimum absolute atomic E-state index is 0.347. The van der Waals surface area contributed by atoms with Crippen molar-refractivity contribution in [2.45, 2.75) is 25.8 Å². The average molecular weight is 196 g/mol. The number of urea groups is 1. The van der Waals surface area contributed by atoms with Crippen LogP contribution in [-0.2, 0) is 6.42 Å². The highest BCUT2D eigenvalue weighted by Gasteiger charge is 2.32. The summed E-state index contributed by atoms with van der Waals surface area (Å²) in [5.74, 6) is 1.63. The van der Waals surface area contributed by atoms with E-state index in [0.29, 0.717) is 11.5 Å². The van der Waals surface area contributed by atoms with Crippen molar-refractivity contribution < 1.29 is 14.4 Å². The summed E-state index contributed by atoms with van der Waals surface area (Å²) in [5.41, 5.74) is 5.85. The molecule has 3 N–H and O–H groups in total. The lowest BCUT2D eigenvalue weighted by atomic mass is 10.1. The normalized spacial score (nSPS) is 19.4. The van der Waals surface area contributed by atoms with Gasteiger partial charge in [-0.3, -0.25) is 5.21 Å². The highest BCUT2D eigenvalue weighted by Crippen LogP contribution is 2.36. The van der Waals surface area contributed by atoms with E-state index < -0.39 is 6.03 Å². The van der Waals surface area contributed by atoms with E-state index in [9.17, 15) is 10.0 Å². The summed E-state index contributed by atoms with van der Waals surface area (Å²) in [4.78, 5) is 10.8. The zero-order valence-electron chi connectivity index (χ0n) is 7.86. The Morgan fingerprint density at radius 1 is 1.79 bits per heavy atom. The molecule has 0 saturated carbocycles. The zero-order chi connectivity index (χ0) is 10.3. The molecule has 0 aliphatic heterocycles. The molecule has 1 unspecified atom stereocenters. The standard InChI is InChI=1S/C9H12N2O3/c1-5-4-6-7(11(13)9(10)12)2-3-8(6)14-5/h4,7,13H,2-3H2,1H3,(H2,10,12). The van der Waals surface area contributed by atoms with Gasteiger partial charge in [-0.15, -0.1) is 0 Å². The van der Waals surface area contributed by atoms with Crippen molar-refractivity contribution in [3.63, 3.8) is 0 Å². The van der Waals surface area contributed by atoms with E-state index in [-0.39, 0.29) is 6.04 Å². The van der Waals surface area contributed by atoms with E-state index in [0.717, 1.165) is 23.5 Å². The third kappa shape index (κ3) is 1.26. The molecule has 14 heavy (non-hydrogen) atoms. The first-order valence-corrected chi connectivity index (χ1v) is 4.46. The molecule has 2 rings (SSSR count). The van der Waals surface area contributed by atoms with Crippen LogP contribution in [0.3, 0.4) is 0 Å². The molecule has 0 bridgehead atoms. The summed E-state index contributed by atoms with van der Waals surface area (Å²) in [6.45, 7) is 1.83. The number of hydroxylamine groups is 2. The topological polar surface area (TPSA) is 79.7 Å². The molecular formula is C9H12N2O3. The Balaban J connectivity index is 2.29. The second-order valence-electron chi connectivity index (χ2n) is 3.47. The molecule has 1 aliphatic carbocycles. The number of rotatable bonds is 1. The molecular weight excluding hydrogens is 184 g/mol. The number of fused-ring (bicyclic) bond motifs is 1. The zero-order valence-corrected chi connectivity index (χ0v) is 7.86. The fraction of sp³-hybridized carbons (Fsp3) is 0.444. The van der Waals surface area contributed by atoms with Gasteiger partial charge >= 0.3 is 6.03 Å². The molecule has 0 aromatic carbocycles. The maximum atomic E-state index is 10.8. The van der Waals surface area contributed by atoms with E-state index in [2.05, 4.69) is 0 Å². The highest BCUT2D eigenvalue weighted by molar-refractivity contribution is 5.71. The Labute approximate surface area is 81.1 Å². The van der Waals surface area contributed by atoms with Gasteiger partial charge in [0.05, 0.1) is 6.04 Å². The molecule has 0 spiro atoms. The smallest absolute Gasteiger partial charge is 0.339 e. The van der Waals surface area contributed by atoms with Crippen LogP contribution >= 0.6 is 0 Å². The Hall–Kier alpha value is -1.49. The third-order valence-electron chi connectivity index (χ3n) is 2.49. The van der Waals surface area contributed by atoms with E-state index in [1.54, 1.807) is 0 Å². The van der Waals surface area contributed by atoms with E-state index in [1.807, 2.05) is 13.0 Å². The number of furan rings is 1. The van der Waals surface area contributed by atoms with Crippen molar-refractivity contribution >= 4 is 6.03 Å². The van der Waals surface area contributed by atoms with Gasteiger partial charge in [-0.2, -0.15) is 5.06 Å².